The van der Waals surface area contributed by atoms with Crippen LogP contribution in [0.3, 0.4) is 0 Å². The zero-order valence-electron chi connectivity index (χ0n) is 17.9. The van der Waals surface area contributed by atoms with E-state index in [1.54, 1.807) is 32.0 Å². The summed E-state index contributed by atoms with van der Waals surface area (Å²) in [6.45, 7) is 3.88. The molecule has 3 N–H and O–H groups in total. The van der Waals surface area contributed by atoms with Crippen LogP contribution >= 0.6 is 11.6 Å². The molecule has 1 aliphatic rings. The Balaban J connectivity index is 1.56. The monoisotopic (exact) mass is 452 g/mol. The number of hydrogen-bond donors (Lipinski definition) is 3. The molecule has 0 saturated heterocycles. The number of halogens is 1. The maximum Gasteiger partial charge on any atom is 0.342 e. The largest absolute Gasteiger partial charge is 0.507 e. The van der Waals surface area contributed by atoms with Gasteiger partial charge in [-0.3, -0.25) is 4.79 Å². The van der Waals surface area contributed by atoms with Crippen LogP contribution in [-0.2, 0) is 11.3 Å². The molecule has 0 radical (unpaired) electrons. The lowest BCUT2D eigenvalue weighted by molar-refractivity contribution is -0.118. The van der Waals surface area contributed by atoms with Crippen molar-refractivity contribution in [2.24, 2.45) is 5.92 Å². The first-order valence-corrected chi connectivity index (χ1v) is 11.0. The molecule has 1 saturated carbocycles. The molecule has 8 heteroatoms. The Bertz CT molecular complexity index is 1170. The number of nitrogens with zero attached hydrogens (tertiary/aromatic N) is 2. The van der Waals surface area contributed by atoms with Crippen molar-refractivity contribution in [2.75, 3.05) is 5.32 Å². The number of hydrogen-bond acceptors (Lipinski definition) is 4. The minimum Gasteiger partial charge on any atom is -0.507 e. The predicted molar refractivity (Wildman–Crippen MR) is 124 cm³/mol. The number of amides is 2. The van der Waals surface area contributed by atoms with Crippen LogP contribution in [0.4, 0.5) is 10.5 Å². The number of benzene rings is 2. The maximum absolute atomic E-state index is 12.9. The van der Waals surface area contributed by atoms with Gasteiger partial charge in [0, 0.05) is 40.7 Å². The zero-order valence-corrected chi connectivity index (χ0v) is 18.7. The molecule has 166 valence electrons. The van der Waals surface area contributed by atoms with Gasteiger partial charge in [-0.25, -0.2) is 4.79 Å². The number of phenolic OH excluding ortho intramolecular Hbond substituents is 1. The summed E-state index contributed by atoms with van der Waals surface area (Å²) >= 11 is 6.18. The number of anilines is 1. The molecule has 2 aromatic carbocycles. The van der Waals surface area contributed by atoms with E-state index >= 15 is 0 Å². The lowest BCUT2D eigenvalue weighted by Crippen LogP contribution is -2.30. The molecule has 7 nitrogen and oxygen atoms in total. The lowest BCUT2D eigenvalue weighted by Gasteiger charge is -2.10. The van der Waals surface area contributed by atoms with Crippen LogP contribution < -0.4 is 10.6 Å². The second-order valence-electron chi connectivity index (χ2n) is 8.27. The average Bonchev–Trinajstić information content (AvgIpc) is 3.51. The van der Waals surface area contributed by atoms with E-state index < -0.39 is 0 Å². The van der Waals surface area contributed by atoms with E-state index in [4.69, 9.17) is 11.6 Å². The summed E-state index contributed by atoms with van der Waals surface area (Å²) in [7, 11) is 0. The van der Waals surface area contributed by atoms with Gasteiger partial charge in [0.05, 0.1) is 11.4 Å². The first-order chi connectivity index (χ1) is 15.3. The summed E-state index contributed by atoms with van der Waals surface area (Å²) in [6.07, 6.45) is 1.99. The summed E-state index contributed by atoms with van der Waals surface area (Å²) in [5, 5.41) is 21.3. The van der Waals surface area contributed by atoms with E-state index in [-0.39, 0.29) is 36.1 Å². The number of aromatic hydroxyl groups is 1. The van der Waals surface area contributed by atoms with Gasteiger partial charge < -0.3 is 15.7 Å². The Labute approximate surface area is 191 Å². The molecule has 0 atom stereocenters. The van der Waals surface area contributed by atoms with Crippen LogP contribution in [0.5, 0.6) is 5.75 Å². The Morgan fingerprint density at radius 2 is 1.94 bits per heavy atom. The zero-order chi connectivity index (χ0) is 22.8. The molecule has 2 amide bonds. The molecule has 1 aromatic heterocycles. The van der Waals surface area contributed by atoms with Crippen molar-refractivity contribution in [1.82, 2.24) is 15.1 Å². The van der Waals surface area contributed by atoms with Crippen LogP contribution in [0, 0.1) is 5.92 Å². The van der Waals surface area contributed by atoms with E-state index in [0.29, 0.717) is 22.0 Å². The van der Waals surface area contributed by atoms with Gasteiger partial charge in [-0.2, -0.15) is 9.78 Å². The van der Waals surface area contributed by atoms with Crippen molar-refractivity contribution >= 4 is 29.2 Å². The van der Waals surface area contributed by atoms with Gasteiger partial charge in [-0.05, 0) is 42.7 Å². The Morgan fingerprint density at radius 3 is 2.59 bits per heavy atom. The minimum absolute atomic E-state index is 0.0185. The third-order valence-electron chi connectivity index (χ3n) is 5.38. The smallest absolute Gasteiger partial charge is 0.342 e. The summed E-state index contributed by atoms with van der Waals surface area (Å²) in [5.74, 6) is -0.0466. The second kappa shape index (κ2) is 9.04. The molecule has 4 rings (SSSR count). The molecule has 3 aromatic rings. The van der Waals surface area contributed by atoms with Crippen molar-refractivity contribution < 1.29 is 14.7 Å². The number of carbonyl (C=O) groups excluding carboxylic acids is 2. The lowest BCUT2D eigenvalue weighted by atomic mass is 10.1. The average molecular weight is 453 g/mol. The van der Waals surface area contributed by atoms with Gasteiger partial charge in [0.2, 0.25) is 5.91 Å². The molecule has 0 bridgehead atoms. The van der Waals surface area contributed by atoms with Gasteiger partial charge in [0.15, 0.2) is 0 Å². The highest BCUT2D eigenvalue weighted by Crippen LogP contribution is 2.42. The van der Waals surface area contributed by atoms with Crippen LogP contribution in [-0.4, -0.2) is 26.8 Å². The van der Waals surface area contributed by atoms with Gasteiger partial charge in [-0.15, -0.1) is 0 Å². The van der Waals surface area contributed by atoms with Gasteiger partial charge in [-0.1, -0.05) is 43.6 Å². The summed E-state index contributed by atoms with van der Waals surface area (Å²) < 4.78 is 1.37. The van der Waals surface area contributed by atoms with Gasteiger partial charge >= 0.3 is 6.03 Å². The second-order valence-corrected chi connectivity index (χ2v) is 8.67. The highest BCUT2D eigenvalue weighted by atomic mass is 35.5. The van der Waals surface area contributed by atoms with E-state index in [9.17, 15) is 14.7 Å². The fraction of sp³-hybridized carbons (Fsp3) is 0.292. The van der Waals surface area contributed by atoms with Crippen molar-refractivity contribution in [3.8, 4) is 17.0 Å². The summed E-state index contributed by atoms with van der Waals surface area (Å²) in [4.78, 5) is 24.8. The Morgan fingerprint density at radius 1 is 1.19 bits per heavy atom. The van der Waals surface area contributed by atoms with Gasteiger partial charge in [0.25, 0.3) is 0 Å². The summed E-state index contributed by atoms with van der Waals surface area (Å²) in [5.41, 5.74) is 3.13. The summed E-state index contributed by atoms with van der Waals surface area (Å²) in [6, 6.07) is 13.7. The van der Waals surface area contributed by atoms with Crippen molar-refractivity contribution in [2.45, 2.75) is 39.2 Å². The predicted octanol–water partition coefficient (Wildman–Crippen LogP) is 5.14. The van der Waals surface area contributed by atoms with Crippen LogP contribution in [0.15, 0.2) is 48.5 Å². The van der Waals surface area contributed by atoms with Crippen LogP contribution in [0.1, 0.15) is 43.9 Å². The van der Waals surface area contributed by atoms with E-state index in [0.717, 1.165) is 24.1 Å². The van der Waals surface area contributed by atoms with E-state index in [2.05, 4.69) is 15.7 Å². The molecule has 0 aliphatic heterocycles. The van der Waals surface area contributed by atoms with E-state index in [1.165, 1.54) is 10.7 Å². The van der Waals surface area contributed by atoms with Crippen molar-refractivity contribution in [3.63, 3.8) is 0 Å². The Hall–Kier alpha value is -3.32. The molecule has 1 fully saturated rings. The number of nitrogens with one attached hydrogen (secondary N) is 2. The molecule has 1 aliphatic carbocycles. The van der Waals surface area contributed by atoms with Gasteiger partial charge in [0.1, 0.15) is 5.75 Å². The van der Waals surface area contributed by atoms with Crippen LogP contribution in [0.25, 0.3) is 11.3 Å². The normalized spacial score (nSPS) is 13.2. The molecule has 0 spiro atoms. The number of carbonyl (C=O) groups is 2. The quantitative estimate of drug-likeness (QED) is 0.482. The molecule has 1 heterocycles. The minimum atomic E-state index is -0.349. The Kier molecular flexibility index (Phi) is 6.19. The highest BCUT2D eigenvalue weighted by Gasteiger charge is 2.30. The molecule has 32 heavy (non-hydrogen) atoms. The third kappa shape index (κ3) is 4.78. The third-order valence-corrected chi connectivity index (χ3v) is 5.75. The number of phenols is 1. The fourth-order valence-electron chi connectivity index (χ4n) is 3.36. The number of rotatable bonds is 6. The molecular formula is C24H25ClN4O3. The standard InChI is InChI=1S/C24H25ClN4O3/c1-14(2)23(31)27-17-9-10-18(22(30)11-17)20-12-21(15-7-8-15)29(28-20)24(32)26-13-16-5-3-4-6-19(16)25/h3-6,9-12,14-15,30H,7-8,13H2,1-2H3,(H,26,32)(H,27,31). The SMILES string of the molecule is CC(C)C(=O)Nc1ccc(-c2cc(C3CC3)n(C(=O)NCc3ccccc3Cl)n2)c(O)c1. The first kappa shape index (κ1) is 21.9. The fourth-order valence-corrected chi connectivity index (χ4v) is 3.56. The van der Waals surface area contributed by atoms with Crippen LogP contribution in [0.2, 0.25) is 5.02 Å². The topological polar surface area (TPSA) is 96.3 Å². The maximum atomic E-state index is 12.9. The molecule has 0 unspecified atom stereocenters. The van der Waals surface area contributed by atoms with Crippen molar-refractivity contribution in [1.29, 1.82) is 0 Å². The molecular weight excluding hydrogens is 428 g/mol. The highest BCUT2D eigenvalue weighted by molar-refractivity contribution is 6.31. The number of aromatic nitrogens is 2. The van der Waals surface area contributed by atoms with E-state index in [1.807, 2.05) is 24.3 Å². The van der Waals surface area contributed by atoms with Crippen molar-refractivity contribution in [3.05, 3.63) is 64.8 Å². The first-order valence-electron chi connectivity index (χ1n) is 10.6.